The summed E-state index contributed by atoms with van der Waals surface area (Å²) < 4.78 is 4.96. The van der Waals surface area contributed by atoms with Gasteiger partial charge >= 0.3 is 0 Å². The molecule has 0 aliphatic carbocycles. The van der Waals surface area contributed by atoms with Crippen molar-refractivity contribution >= 4 is 29.1 Å². The maximum Gasteiger partial charge on any atom is 0.220 e. The van der Waals surface area contributed by atoms with Crippen molar-refractivity contribution in [2.24, 2.45) is 0 Å². The number of halogens is 2. The van der Waals surface area contributed by atoms with Crippen molar-refractivity contribution < 1.29 is 9.32 Å². The van der Waals surface area contributed by atoms with Crippen molar-refractivity contribution in [3.05, 3.63) is 51.3 Å². The highest BCUT2D eigenvalue weighted by Crippen LogP contribution is 2.23. The zero-order chi connectivity index (χ0) is 15.2. The SMILES string of the molecule is Cc1cc(CCNC(=O)CCc2ccc(Cl)c(Cl)c2)no1. The largest absolute Gasteiger partial charge is 0.361 e. The van der Waals surface area contributed by atoms with Gasteiger partial charge in [0.25, 0.3) is 0 Å². The number of aryl methyl sites for hydroxylation is 2. The summed E-state index contributed by atoms with van der Waals surface area (Å²) >= 11 is 11.8. The van der Waals surface area contributed by atoms with Crippen LogP contribution in [0.5, 0.6) is 0 Å². The van der Waals surface area contributed by atoms with Crippen LogP contribution in [-0.2, 0) is 17.6 Å². The Morgan fingerprint density at radius 1 is 1.24 bits per heavy atom. The zero-order valence-corrected chi connectivity index (χ0v) is 13.2. The fourth-order valence-electron chi connectivity index (χ4n) is 1.91. The molecule has 1 amide bonds. The molecular formula is C15H16Cl2N2O2. The molecule has 2 rings (SSSR count). The van der Waals surface area contributed by atoms with Crippen molar-refractivity contribution in [3.63, 3.8) is 0 Å². The number of amides is 1. The Hall–Kier alpha value is -1.52. The van der Waals surface area contributed by atoms with E-state index in [4.69, 9.17) is 27.7 Å². The summed E-state index contributed by atoms with van der Waals surface area (Å²) in [5.41, 5.74) is 1.84. The lowest BCUT2D eigenvalue weighted by molar-refractivity contribution is -0.121. The topological polar surface area (TPSA) is 55.1 Å². The van der Waals surface area contributed by atoms with Crippen LogP contribution in [0.3, 0.4) is 0 Å². The van der Waals surface area contributed by atoms with Crippen LogP contribution in [0.2, 0.25) is 10.0 Å². The number of hydrogen-bond acceptors (Lipinski definition) is 3. The van der Waals surface area contributed by atoms with E-state index in [2.05, 4.69) is 10.5 Å². The van der Waals surface area contributed by atoms with Gasteiger partial charge in [0.1, 0.15) is 5.76 Å². The predicted octanol–water partition coefficient (Wildman–Crippen LogP) is 3.58. The average molecular weight is 327 g/mol. The monoisotopic (exact) mass is 326 g/mol. The van der Waals surface area contributed by atoms with Gasteiger partial charge in [-0.1, -0.05) is 34.4 Å². The van der Waals surface area contributed by atoms with Gasteiger partial charge in [-0.25, -0.2) is 0 Å². The lowest BCUT2D eigenvalue weighted by Crippen LogP contribution is -2.25. The maximum atomic E-state index is 11.7. The summed E-state index contributed by atoms with van der Waals surface area (Å²) in [5.74, 6) is 0.775. The molecule has 0 saturated carbocycles. The summed E-state index contributed by atoms with van der Waals surface area (Å²) in [6, 6.07) is 7.26. The number of aromatic nitrogens is 1. The van der Waals surface area contributed by atoms with E-state index >= 15 is 0 Å². The van der Waals surface area contributed by atoms with Gasteiger partial charge in [0.15, 0.2) is 0 Å². The van der Waals surface area contributed by atoms with Gasteiger partial charge in [-0.15, -0.1) is 0 Å². The molecule has 4 nitrogen and oxygen atoms in total. The molecule has 0 aliphatic rings. The molecule has 0 aliphatic heterocycles. The quantitative estimate of drug-likeness (QED) is 0.882. The minimum Gasteiger partial charge on any atom is -0.361 e. The molecule has 21 heavy (non-hydrogen) atoms. The van der Waals surface area contributed by atoms with Crippen molar-refractivity contribution in [1.82, 2.24) is 10.5 Å². The number of carbonyl (C=O) groups is 1. The smallest absolute Gasteiger partial charge is 0.220 e. The number of nitrogens with one attached hydrogen (secondary N) is 1. The lowest BCUT2D eigenvalue weighted by Gasteiger charge is -2.05. The molecule has 0 atom stereocenters. The highest BCUT2D eigenvalue weighted by Gasteiger charge is 2.05. The minimum atomic E-state index is 0.00119. The predicted molar refractivity (Wildman–Crippen MR) is 82.7 cm³/mol. The van der Waals surface area contributed by atoms with Crippen LogP contribution in [-0.4, -0.2) is 17.6 Å². The van der Waals surface area contributed by atoms with Crippen LogP contribution >= 0.6 is 23.2 Å². The number of hydrogen-bond donors (Lipinski definition) is 1. The van der Waals surface area contributed by atoms with E-state index in [0.29, 0.717) is 35.9 Å². The van der Waals surface area contributed by atoms with Gasteiger partial charge in [-0.2, -0.15) is 0 Å². The molecule has 0 bridgehead atoms. The molecule has 0 radical (unpaired) electrons. The van der Waals surface area contributed by atoms with Gasteiger partial charge in [0, 0.05) is 25.5 Å². The summed E-state index contributed by atoms with van der Waals surface area (Å²) in [4.78, 5) is 11.7. The highest BCUT2D eigenvalue weighted by molar-refractivity contribution is 6.42. The van der Waals surface area contributed by atoms with Crippen LogP contribution in [0.4, 0.5) is 0 Å². The molecule has 0 fully saturated rings. The van der Waals surface area contributed by atoms with Gasteiger partial charge in [-0.3, -0.25) is 4.79 Å². The van der Waals surface area contributed by atoms with Gasteiger partial charge < -0.3 is 9.84 Å². The highest BCUT2D eigenvalue weighted by atomic mass is 35.5. The Morgan fingerprint density at radius 2 is 2.05 bits per heavy atom. The number of benzene rings is 1. The molecule has 0 unspecified atom stereocenters. The fraction of sp³-hybridized carbons (Fsp3) is 0.333. The molecule has 1 aromatic heterocycles. The molecule has 1 aromatic carbocycles. The lowest BCUT2D eigenvalue weighted by atomic mass is 10.1. The second-order valence-electron chi connectivity index (χ2n) is 4.78. The van der Waals surface area contributed by atoms with E-state index in [9.17, 15) is 4.79 Å². The van der Waals surface area contributed by atoms with E-state index in [-0.39, 0.29) is 5.91 Å². The van der Waals surface area contributed by atoms with E-state index in [1.807, 2.05) is 19.1 Å². The van der Waals surface area contributed by atoms with E-state index in [1.54, 1.807) is 12.1 Å². The standard InChI is InChI=1S/C15H16Cl2N2O2/c1-10-8-12(19-21-10)6-7-18-15(20)5-3-11-2-4-13(16)14(17)9-11/h2,4,8-9H,3,5-7H2,1H3,(H,18,20). The molecule has 0 spiro atoms. The fourth-order valence-corrected chi connectivity index (χ4v) is 2.23. The molecule has 0 saturated heterocycles. The molecular weight excluding hydrogens is 311 g/mol. The Morgan fingerprint density at radius 3 is 2.71 bits per heavy atom. The van der Waals surface area contributed by atoms with Gasteiger partial charge in [-0.05, 0) is 31.0 Å². The summed E-state index contributed by atoms with van der Waals surface area (Å²) in [6.07, 6.45) is 1.71. The van der Waals surface area contributed by atoms with Gasteiger partial charge in [0.2, 0.25) is 5.91 Å². The Kier molecular flexibility index (Phi) is 5.65. The average Bonchev–Trinajstić information content (AvgIpc) is 2.86. The van der Waals surface area contributed by atoms with Crippen molar-refractivity contribution in [3.8, 4) is 0 Å². The van der Waals surface area contributed by atoms with Gasteiger partial charge in [0.05, 0.1) is 15.7 Å². The maximum absolute atomic E-state index is 11.7. The third-order valence-corrected chi connectivity index (χ3v) is 3.74. The third kappa shape index (κ3) is 5.06. The summed E-state index contributed by atoms with van der Waals surface area (Å²) in [6.45, 7) is 2.39. The first-order chi connectivity index (χ1) is 10.0. The Bertz CT molecular complexity index is 626. The van der Waals surface area contributed by atoms with Crippen LogP contribution < -0.4 is 5.32 Å². The van der Waals surface area contributed by atoms with Crippen molar-refractivity contribution in [2.75, 3.05) is 6.54 Å². The molecule has 1 heterocycles. The summed E-state index contributed by atoms with van der Waals surface area (Å²) in [5, 5.41) is 7.76. The first kappa shape index (κ1) is 15.9. The van der Waals surface area contributed by atoms with Crippen LogP contribution in [0.15, 0.2) is 28.8 Å². The van der Waals surface area contributed by atoms with Crippen LogP contribution in [0.1, 0.15) is 23.4 Å². The minimum absolute atomic E-state index is 0.00119. The Balaban J connectivity index is 1.70. The first-order valence-corrected chi connectivity index (χ1v) is 7.43. The second-order valence-corrected chi connectivity index (χ2v) is 5.59. The number of carbonyl (C=O) groups excluding carboxylic acids is 1. The normalized spacial score (nSPS) is 10.6. The zero-order valence-electron chi connectivity index (χ0n) is 11.7. The second kappa shape index (κ2) is 7.48. The van der Waals surface area contributed by atoms with Crippen molar-refractivity contribution in [2.45, 2.75) is 26.2 Å². The van der Waals surface area contributed by atoms with Crippen LogP contribution in [0, 0.1) is 6.92 Å². The number of nitrogens with zero attached hydrogens (tertiary/aromatic N) is 1. The van der Waals surface area contributed by atoms with Crippen molar-refractivity contribution in [1.29, 1.82) is 0 Å². The molecule has 112 valence electrons. The molecule has 2 aromatic rings. The van der Waals surface area contributed by atoms with E-state index < -0.39 is 0 Å². The Labute approximate surface area is 133 Å². The number of rotatable bonds is 6. The van der Waals surface area contributed by atoms with E-state index in [0.717, 1.165) is 17.0 Å². The summed E-state index contributed by atoms with van der Waals surface area (Å²) in [7, 11) is 0. The third-order valence-electron chi connectivity index (χ3n) is 3.00. The van der Waals surface area contributed by atoms with Crippen LogP contribution in [0.25, 0.3) is 0 Å². The van der Waals surface area contributed by atoms with E-state index in [1.165, 1.54) is 0 Å². The molecule has 1 N–H and O–H groups in total. The molecule has 6 heteroatoms. The first-order valence-electron chi connectivity index (χ1n) is 6.67.